The molecule has 0 fully saturated rings. The third-order valence-corrected chi connectivity index (χ3v) is 8.94. The topological polar surface area (TPSA) is 38.4 Å². The predicted octanol–water partition coefficient (Wildman–Crippen LogP) is 12.2. The van der Waals surface area contributed by atoms with Crippen LogP contribution in [0.3, 0.4) is 0 Å². The molecule has 1 aromatic heterocycles. The van der Waals surface area contributed by atoms with E-state index in [-0.39, 0.29) is 5.41 Å². The Kier molecular flexibility index (Phi) is 7.03. The van der Waals surface area contributed by atoms with Crippen molar-refractivity contribution in [3.8, 4) is 33.7 Å². The van der Waals surface area contributed by atoms with Crippen LogP contribution in [0.5, 0.6) is 0 Å². The molecule has 47 heavy (non-hydrogen) atoms. The van der Waals surface area contributed by atoms with Crippen LogP contribution < -0.4 is 0 Å². The third-order valence-electron chi connectivity index (χ3n) is 8.94. The van der Waals surface area contributed by atoms with E-state index < -0.39 is 0 Å². The van der Waals surface area contributed by atoms with Gasteiger partial charge in [-0.15, -0.1) is 0 Å². The van der Waals surface area contributed by atoms with E-state index in [1.165, 1.54) is 38.2 Å². The Morgan fingerprint density at radius 2 is 1.19 bits per heavy atom. The van der Waals surface area contributed by atoms with Gasteiger partial charge in [0.05, 0.1) is 11.3 Å². The lowest BCUT2D eigenvalue weighted by Crippen LogP contribution is -2.11. The minimum absolute atomic E-state index is 0.0796. The average Bonchev–Trinajstić information content (AvgIpc) is 3.54. The first-order valence-electron chi connectivity index (χ1n) is 16.1. The summed E-state index contributed by atoms with van der Waals surface area (Å²) in [6.45, 7) is 6.71. The molecular formula is C44H34N2O. The highest BCUT2D eigenvalue weighted by molar-refractivity contribution is 6.01. The molecule has 7 aromatic carbocycles. The van der Waals surface area contributed by atoms with Crippen molar-refractivity contribution in [1.29, 1.82) is 0 Å². The number of nitrogens with zero attached hydrogens (tertiary/aromatic N) is 2. The molecule has 0 unspecified atom stereocenters. The molecule has 0 N–H and O–H groups in total. The Bertz CT molecular complexity index is 2450. The van der Waals surface area contributed by atoms with E-state index in [1.54, 1.807) is 0 Å². The summed E-state index contributed by atoms with van der Waals surface area (Å²) in [7, 11) is 0. The molecular weight excluding hydrogens is 572 g/mol. The molecule has 0 saturated carbocycles. The van der Waals surface area contributed by atoms with Crippen molar-refractivity contribution in [3.63, 3.8) is 0 Å². The van der Waals surface area contributed by atoms with Crippen molar-refractivity contribution in [2.45, 2.75) is 26.2 Å². The first-order valence-corrected chi connectivity index (χ1v) is 16.1. The summed E-state index contributed by atoms with van der Waals surface area (Å²) >= 11 is 0. The lowest BCUT2D eigenvalue weighted by atomic mass is 9.84. The van der Waals surface area contributed by atoms with Crippen LogP contribution >= 0.6 is 0 Å². The van der Waals surface area contributed by atoms with Gasteiger partial charge in [0, 0.05) is 17.3 Å². The van der Waals surface area contributed by atoms with Crippen molar-refractivity contribution in [2.75, 3.05) is 0 Å². The molecule has 3 heteroatoms. The number of aromatic nitrogens is 1. The summed E-state index contributed by atoms with van der Waals surface area (Å²) in [5.41, 5.74) is 10.0. The number of fused-ring (bicyclic) bond motifs is 3. The molecule has 0 aliphatic rings. The van der Waals surface area contributed by atoms with E-state index in [1.807, 2.05) is 30.5 Å². The van der Waals surface area contributed by atoms with Crippen LogP contribution in [0.25, 0.3) is 66.4 Å². The van der Waals surface area contributed by atoms with Crippen LogP contribution in [0.2, 0.25) is 0 Å². The van der Waals surface area contributed by atoms with Gasteiger partial charge in [-0.1, -0.05) is 136 Å². The van der Waals surface area contributed by atoms with Crippen molar-refractivity contribution < 1.29 is 4.42 Å². The van der Waals surface area contributed by atoms with Crippen LogP contribution in [-0.2, 0) is 5.41 Å². The standard InChI is InChI=1S/C44H34N2O/c1-44(2,3)34-26-39(32-18-11-17-31(25-32)37-23-12-16-30-14-5-7-21-36(30)37)42-41(27-34)47-43(46-42)38-22-8-9-24-40(38)45-28-33-19-10-15-29-13-4-6-20-35(29)33/h4-28H,1-3H3. The van der Waals surface area contributed by atoms with Gasteiger partial charge in [0.1, 0.15) is 5.52 Å². The van der Waals surface area contributed by atoms with E-state index in [4.69, 9.17) is 14.4 Å². The summed E-state index contributed by atoms with van der Waals surface area (Å²) in [5.74, 6) is 0.559. The van der Waals surface area contributed by atoms with Crippen LogP contribution in [0.4, 0.5) is 5.69 Å². The number of oxazole rings is 1. The number of hydrogen-bond acceptors (Lipinski definition) is 3. The fourth-order valence-electron chi connectivity index (χ4n) is 6.40. The Morgan fingerprint density at radius 3 is 2.00 bits per heavy atom. The van der Waals surface area contributed by atoms with Gasteiger partial charge in [0.15, 0.2) is 5.58 Å². The minimum Gasteiger partial charge on any atom is -0.436 e. The highest BCUT2D eigenvalue weighted by atomic mass is 16.3. The molecule has 0 atom stereocenters. The van der Waals surface area contributed by atoms with Crippen molar-refractivity contribution >= 4 is 44.5 Å². The van der Waals surface area contributed by atoms with Gasteiger partial charge < -0.3 is 4.42 Å². The Balaban J connectivity index is 1.26. The van der Waals surface area contributed by atoms with E-state index in [2.05, 4.69) is 142 Å². The Labute approximate surface area is 274 Å². The second kappa shape index (κ2) is 11.5. The highest BCUT2D eigenvalue weighted by Crippen LogP contribution is 2.40. The summed E-state index contributed by atoms with van der Waals surface area (Å²) in [6, 6.07) is 51.0. The molecule has 3 nitrogen and oxygen atoms in total. The minimum atomic E-state index is -0.0796. The smallest absolute Gasteiger partial charge is 0.229 e. The van der Waals surface area contributed by atoms with E-state index in [0.717, 1.165) is 39.0 Å². The number of benzene rings is 7. The number of aliphatic imine (C=N–C) groups is 1. The maximum atomic E-state index is 6.60. The van der Waals surface area contributed by atoms with Gasteiger partial charge in [0.2, 0.25) is 5.89 Å². The third kappa shape index (κ3) is 5.40. The van der Waals surface area contributed by atoms with E-state index >= 15 is 0 Å². The second-order valence-electron chi connectivity index (χ2n) is 13.1. The van der Waals surface area contributed by atoms with Gasteiger partial charge in [-0.05, 0) is 79.5 Å². The molecule has 226 valence electrons. The monoisotopic (exact) mass is 606 g/mol. The number of para-hydroxylation sites is 1. The van der Waals surface area contributed by atoms with E-state index in [0.29, 0.717) is 5.89 Å². The Morgan fingerprint density at radius 1 is 0.574 bits per heavy atom. The zero-order valence-electron chi connectivity index (χ0n) is 26.7. The fourth-order valence-corrected chi connectivity index (χ4v) is 6.40. The summed E-state index contributed by atoms with van der Waals surface area (Å²) < 4.78 is 6.60. The molecule has 0 bridgehead atoms. The molecule has 1 heterocycles. The lowest BCUT2D eigenvalue weighted by molar-refractivity contribution is 0.584. The van der Waals surface area contributed by atoms with E-state index in [9.17, 15) is 0 Å². The summed E-state index contributed by atoms with van der Waals surface area (Å²) in [6.07, 6.45) is 1.94. The normalized spacial score (nSPS) is 12.1. The predicted molar refractivity (Wildman–Crippen MR) is 198 cm³/mol. The van der Waals surface area contributed by atoms with Crippen molar-refractivity contribution in [3.05, 3.63) is 157 Å². The largest absolute Gasteiger partial charge is 0.436 e. The first kappa shape index (κ1) is 28.7. The second-order valence-corrected chi connectivity index (χ2v) is 13.1. The average molecular weight is 607 g/mol. The van der Waals surface area contributed by atoms with Crippen LogP contribution in [0.15, 0.2) is 155 Å². The zero-order valence-corrected chi connectivity index (χ0v) is 26.7. The van der Waals surface area contributed by atoms with Crippen molar-refractivity contribution in [2.24, 2.45) is 4.99 Å². The molecule has 0 aliphatic carbocycles. The van der Waals surface area contributed by atoms with Gasteiger partial charge in [0.25, 0.3) is 0 Å². The maximum absolute atomic E-state index is 6.60. The van der Waals surface area contributed by atoms with Crippen LogP contribution in [0, 0.1) is 0 Å². The molecule has 0 amide bonds. The van der Waals surface area contributed by atoms with Gasteiger partial charge >= 0.3 is 0 Å². The number of rotatable bonds is 5. The fraction of sp³-hybridized carbons (Fsp3) is 0.0909. The molecule has 0 spiro atoms. The highest BCUT2D eigenvalue weighted by Gasteiger charge is 2.22. The molecule has 0 aliphatic heterocycles. The quantitative estimate of drug-likeness (QED) is 0.183. The molecule has 8 rings (SSSR count). The van der Waals surface area contributed by atoms with Crippen LogP contribution in [-0.4, -0.2) is 11.2 Å². The molecule has 8 aromatic rings. The maximum Gasteiger partial charge on any atom is 0.229 e. The summed E-state index contributed by atoms with van der Waals surface area (Å²) in [4.78, 5) is 10.1. The first-order chi connectivity index (χ1) is 22.9. The zero-order chi connectivity index (χ0) is 32.0. The Hall–Kier alpha value is -5.80. The molecule has 0 radical (unpaired) electrons. The van der Waals surface area contributed by atoms with Gasteiger partial charge in [-0.25, -0.2) is 4.98 Å². The summed E-state index contributed by atoms with van der Waals surface area (Å²) in [5, 5.41) is 4.83. The van der Waals surface area contributed by atoms with Gasteiger partial charge in [-0.3, -0.25) is 4.99 Å². The number of hydrogen-bond donors (Lipinski definition) is 0. The van der Waals surface area contributed by atoms with Gasteiger partial charge in [-0.2, -0.15) is 0 Å². The van der Waals surface area contributed by atoms with Crippen LogP contribution in [0.1, 0.15) is 31.9 Å². The lowest BCUT2D eigenvalue weighted by Gasteiger charge is -2.20. The SMILES string of the molecule is CC(C)(C)c1cc(-c2cccc(-c3cccc4ccccc34)c2)c2nc(-c3ccccc3N=Cc3cccc4ccccc34)oc2c1. The van der Waals surface area contributed by atoms with Crippen molar-refractivity contribution in [1.82, 2.24) is 4.98 Å². The molecule has 0 saturated heterocycles.